The zero-order chi connectivity index (χ0) is 15.2. The smallest absolute Gasteiger partial charge is 0.240 e. The predicted molar refractivity (Wildman–Crippen MR) is 81.2 cm³/mol. The van der Waals surface area contributed by atoms with Gasteiger partial charge in [-0.2, -0.15) is 0 Å². The summed E-state index contributed by atoms with van der Waals surface area (Å²) in [5, 5.41) is 2.80. The van der Waals surface area contributed by atoms with Crippen LogP contribution in [0.2, 0.25) is 0 Å². The van der Waals surface area contributed by atoms with Crippen molar-refractivity contribution in [2.75, 3.05) is 6.54 Å². The fourth-order valence-corrected chi connectivity index (χ4v) is 3.02. The minimum atomic E-state index is -0.668. The average Bonchev–Trinajstić information content (AvgIpc) is 2.96. The van der Waals surface area contributed by atoms with Crippen LogP contribution in [0.3, 0.4) is 0 Å². The number of nitrogens with one attached hydrogen (secondary N) is 1. The molecular weight excluding hydrogens is 266 g/mol. The van der Waals surface area contributed by atoms with Gasteiger partial charge < -0.3 is 16.8 Å². The number of rotatable bonds is 6. The Morgan fingerprint density at radius 1 is 1.24 bits per heavy atom. The van der Waals surface area contributed by atoms with Crippen LogP contribution in [-0.4, -0.2) is 24.4 Å². The summed E-state index contributed by atoms with van der Waals surface area (Å²) in [4.78, 5) is 23.9. The fraction of sp³-hybridized carbons (Fsp3) is 0.500. The highest BCUT2D eigenvalue weighted by atomic mass is 16.2. The van der Waals surface area contributed by atoms with Crippen molar-refractivity contribution in [1.29, 1.82) is 0 Å². The third-order valence-corrected chi connectivity index (χ3v) is 4.24. The highest BCUT2D eigenvalue weighted by Crippen LogP contribution is 2.31. The number of amides is 2. The summed E-state index contributed by atoms with van der Waals surface area (Å²) in [6.07, 6.45) is 3.25. The van der Waals surface area contributed by atoms with Crippen LogP contribution in [0.5, 0.6) is 0 Å². The van der Waals surface area contributed by atoms with Crippen LogP contribution in [0.15, 0.2) is 30.3 Å². The monoisotopic (exact) mass is 289 g/mol. The van der Waals surface area contributed by atoms with Gasteiger partial charge >= 0.3 is 0 Å². The van der Waals surface area contributed by atoms with Crippen molar-refractivity contribution in [2.24, 2.45) is 23.3 Å². The molecule has 0 bridgehead atoms. The van der Waals surface area contributed by atoms with Gasteiger partial charge in [0.05, 0.1) is 0 Å². The molecule has 1 fully saturated rings. The Balaban J connectivity index is 1.99. The standard InChI is InChI=1S/C16H23N3O2/c17-10-12-7-4-8-13(12)16(21)19-14(15(18)20)9-11-5-2-1-3-6-11/h1-3,5-6,12-14H,4,7-10,17H2,(H2,18,20)(H,19,21)/t12-,13-,14?/m1/s1. The molecule has 5 heteroatoms. The van der Waals surface area contributed by atoms with Crippen molar-refractivity contribution in [3.05, 3.63) is 35.9 Å². The van der Waals surface area contributed by atoms with Gasteiger partial charge in [0.15, 0.2) is 0 Å². The molecule has 0 saturated heterocycles. The second kappa shape index (κ2) is 7.22. The fourth-order valence-electron chi connectivity index (χ4n) is 3.02. The lowest BCUT2D eigenvalue weighted by Gasteiger charge is -2.21. The van der Waals surface area contributed by atoms with Gasteiger partial charge in [-0.15, -0.1) is 0 Å². The van der Waals surface area contributed by atoms with Gasteiger partial charge in [-0.3, -0.25) is 9.59 Å². The number of primary amides is 1. The van der Waals surface area contributed by atoms with Crippen molar-refractivity contribution in [1.82, 2.24) is 5.32 Å². The van der Waals surface area contributed by atoms with Crippen LogP contribution in [0.4, 0.5) is 0 Å². The zero-order valence-electron chi connectivity index (χ0n) is 12.1. The third kappa shape index (κ3) is 4.04. The molecule has 0 radical (unpaired) electrons. The van der Waals surface area contributed by atoms with Gasteiger partial charge in [-0.25, -0.2) is 0 Å². The second-order valence-electron chi connectivity index (χ2n) is 5.69. The molecular formula is C16H23N3O2. The summed E-state index contributed by atoms with van der Waals surface area (Å²) >= 11 is 0. The third-order valence-electron chi connectivity index (χ3n) is 4.24. The van der Waals surface area contributed by atoms with Crippen molar-refractivity contribution < 1.29 is 9.59 Å². The van der Waals surface area contributed by atoms with Crippen molar-refractivity contribution in [2.45, 2.75) is 31.7 Å². The molecule has 5 nitrogen and oxygen atoms in total. The Bertz CT molecular complexity index is 490. The summed E-state index contributed by atoms with van der Waals surface area (Å²) in [5.74, 6) is -0.472. The molecule has 0 aliphatic heterocycles. The number of carbonyl (C=O) groups excluding carboxylic acids is 2. The first kappa shape index (κ1) is 15.5. The SMILES string of the molecule is NC[C@H]1CCC[C@H]1C(=O)NC(Cc1ccccc1)C(N)=O. The van der Waals surface area contributed by atoms with Crippen LogP contribution in [-0.2, 0) is 16.0 Å². The van der Waals surface area contributed by atoms with E-state index in [1.54, 1.807) is 0 Å². The van der Waals surface area contributed by atoms with Crippen LogP contribution >= 0.6 is 0 Å². The van der Waals surface area contributed by atoms with E-state index in [2.05, 4.69) is 5.32 Å². The summed E-state index contributed by atoms with van der Waals surface area (Å²) in [7, 11) is 0. The zero-order valence-corrected chi connectivity index (χ0v) is 12.1. The first-order valence-corrected chi connectivity index (χ1v) is 7.45. The van der Waals surface area contributed by atoms with Crippen molar-refractivity contribution in [3.8, 4) is 0 Å². The Labute approximate surface area is 125 Å². The molecule has 1 aliphatic rings. The number of carbonyl (C=O) groups is 2. The second-order valence-corrected chi connectivity index (χ2v) is 5.69. The topological polar surface area (TPSA) is 98.2 Å². The van der Waals surface area contributed by atoms with E-state index in [4.69, 9.17) is 11.5 Å². The lowest BCUT2D eigenvalue weighted by atomic mass is 9.94. The van der Waals surface area contributed by atoms with Gasteiger partial charge in [0.2, 0.25) is 11.8 Å². The first-order chi connectivity index (χ1) is 10.1. The summed E-state index contributed by atoms with van der Waals surface area (Å²) < 4.78 is 0. The van der Waals surface area contributed by atoms with Gasteiger partial charge in [-0.05, 0) is 30.9 Å². The Kier molecular flexibility index (Phi) is 5.33. The van der Waals surface area contributed by atoms with Crippen LogP contribution in [0, 0.1) is 11.8 Å². The summed E-state index contributed by atoms with van der Waals surface area (Å²) in [6, 6.07) is 8.87. The van der Waals surface area contributed by atoms with E-state index in [-0.39, 0.29) is 17.7 Å². The lowest BCUT2D eigenvalue weighted by Crippen LogP contribution is -2.48. The first-order valence-electron chi connectivity index (χ1n) is 7.45. The highest BCUT2D eigenvalue weighted by Gasteiger charge is 2.33. The molecule has 5 N–H and O–H groups in total. The Morgan fingerprint density at radius 3 is 2.57 bits per heavy atom. The minimum Gasteiger partial charge on any atom is -0.368 e. The highest BCUT2D eigenvalue weighted by molar-refractivity contribution is 5.88. The molecule has 0 aromatic heterocycles. The molecule has 2 amide bonds. The van der Waals surface area contributed by atoms with Gasteiger partial charge in [0.25, 0.3) is 0 Å². The van der Waals surface area contributed by atoms with E-state index in [9.17, 15) is 9.59 Å². The maximum absolute atomic E-state index is 12.3. The molecule has 1 unspecified atom stereocenters. The number of hydrogen-bond acceptors (Lipinski definition) is 3. The van der Waals surface area contributed by atoms with E-state index in [0.717, 1.165) is 24.8 Å². The molecule has 21 heavy (non-hydrogen) atoms. The average molecular weight is 289 g/mol. The van der Waals surface area contributed by atoms with E-state index in [0.29, 0.717) is 13.0 Å². The van der Waals surface area contributed by atoms with Gasteiger partial charge in [0.1, 0.15) is 6.04 Å². The van der Waals surface area contributed by atoms with Crippen molar-refractivity contribution in [3.63, 3.8) is 0 Å². The molecule has 0 spiro atoms. The van der Waals surface area contributed by atoms with Gasteiger partial charge in [-0.1, -0.05) is 36.8 Å². The van der Waals surface area contributed by atoms with E-state index < -0.39 is 11.9 Å². The molecule has 0 heterocycles. The van der Waals surface area contributed by atoms with Crippen LogP contribution in [0.25, 0.3) is 0 Å². The molecule has 2 rings (SSSR count). The van der Waals surface area contributed by atoms with E-state index in [1.165, 1.54) is 0 Å². The molecule has 1 aromatic carbocycles. The molecule has 114 valence electrons. The molecule has 1 saturated carbocycles. The van der Waals surface area contributed by atoms with E-state index in [1.807, 2.05) is 30.3 Å². The maximum Gasteiger partial charge on any atom is 0.240 e. The number of hydrogen-bond donors (Lipinski definition) is 3. The molecule has 1 aliphatic carbocycles. The quantitative estimate of drug-likeness (QED) is 0.714. The summed E-state index contributed by atoms with van der Waals surface area (Å²) in [5.41, 5.74) is 12.1. The van der Waals surface area contributed by atoms with Crippen LogP contribution < -0.4 is 16.8 Å². The lowest BCUT2D eigenvalue weighted by molar-refractivity contribution is -0.130. The Hall–Kier alpha value is -1.88. The van der Waals surface area contributed by atoms with Gasteiger partial charge in [0, 0.05) is 12.3 Å². The van der Waals surface area contributed by atoms with Crippen LogP contribution in [0.1, 0.15) is 24.8 Å². The number of benzene rings is 1. The number of nitrogens with two attached hydrogens (primary N) is 2. The Morgan fingerprint density at radius 2 is 1.95 bits per heavy atom. The molecule has 1 aromatic rings. The maximum atomic E-state index is 12.3. The largest absolute Gasteiger partial charge is 0.368 e. The summed E-state index contributed by atoms with van der Waals surface area (Å²) in [6.45, 7) is 0.512. The molecule has 3 atom stereocenters. The van der Waals surface area contributed by atoms with Crippen molar-refractivity contribution >= 4 is 11.8 Å². The van der Waals surface area contributed by atoms with E-state index >= 15 is 0 Å². The predicted octanol–water partition coefficient (Wildman–Crippen LogP) is 0.574. The normalized spacial score (nSPS) is 22.7. The minimum absolute atomic E-state index is 0.0902.